The fourth-order valence-corrected chi connectivity index (χ4v) is 3.78. The lowest BCUT2D eigenvalue weighted by Gasteiger charge is -2.25. The Labute approximate surface area is 169 Å². The molecule has 1 aromatic carbocycles. The van der Waals surface area contributed by atoms with Crippen LogP contribution in [0.4, 0.5) is 8.78 Å². The van der Waals surface area contributed by atoms with Crippen molar-refractivity contribution in [3.63, 3.8) is 0 Å². The third-order valence-corrected chi connectivity index (χ3v) is 5.49. The second-order valence-electron chi connectivity index (χ2n) is 7.67. The number of nitrogens with zero attached hydrogens (tertiary/aromatic N) is 1. The second kappa shape index (κ2) is 9.89. The molecule has 3 rings (SSSR count). The van der Waals surface area contributed by atoms with Gasteiger partial charge in [0.1, 0.15) is 0 Å². The second-order valence-corrected chi connectivity index (χ2v) is 7.67. The fraction of sp³-hybridized carbons (Fsp3) is 0.619. The number of hydrogen-bond donors (Lipinski definition) is 1. The minimum atomic E-state index is -2.94. The molecule has 2 aliphatic rings. The quantitative estimate of drug-likeness (QED) is 0.677. The summed E-state index contributed by atoms with van der Waals surface area (Å²) in [4.78, 5) is 26.8. The molecule has 8 heteroatoms. The van der Waals surface area contributed by atoms with E-state index in [0.29, 0.717) is 6.54 Å². The number of carbonyl (C=O) groups is 2. The lowest BCUT2D eigenvalue weighted by atomic mass is 9.89. The smallest absolute Gasteiger partial charge is 0.387 e. The number of nitrogens with one attached hydrogen (secondary N) is 1. The Morgan fingerprint density at radius 1 is 1.14 bits per heavy atom. The molecular weight excluding hydrogens is 382 g/mol. The third-order valence-electron chi connectivity index (χ3n) is 5.49. The Hall–Kier alpha value is -2.38. The number of alkyl halides is 2. The number of amides is 2. The summed E-state index contributed by atoms with van der Waals surface area (Å²) >= 11 is 0. The number of rotatable bonds is 9. The van der Waals surface area contributed by atoms with E-state index in [9.17, 15) is 18.4 Å². The highest BCUT2D eigenvalue weighted by Crippen LogP contribution is 2.32. The number of benzene rings is 1. The van der Waals surface area contributed by atoms with E-state index in [0.717, 1.165) is 44.1 Å². The molecule has 0 aliphatic heterocycles. The Balaban J connectivity index is 1.59. The van der Waals surface area contributed by atoms with Crippen molar-refractivity contribution in [1.29, 1.82) is 0 Å². The summed E-state index contributed by atoms with van der Waals surface area (Å²) in [5, 5.41) is 2.80. The first kappa shape index (κ1) is 21.3. The first-order valence-electron chi connectivity index (χ1n) is 10.2. The normalized spacial score (nSPS) is 17.1. The van der Waals surface area contributed by atoms with Crippen LogP contribution in [0.5, 0.6) is 11.5 Å². The molecule has 29 heavy (non-hydrogen) atoms. The zero-order chi connectivity index (χ0) is 20.8. The van der Waals surface area contributed by atoms with Gasteiger partial charge < -0.3 is 19.7 Å². The van der Waals surface area contributed by atoms with E-state index in [-0.39, 0.29) is 41.8 Å². The fourth-order valence-electron chi connectivity index (χ4n) is 3.78. The average Bonchev–Trinajstić information content (AvgIpc) is 3.56. The van der Waals surface area contributed by atoms with Crippen molar-refractivity contribution < 1.29 is 27.8 Å². The van der Waals surface area contributed by atoms with Crippen LogP contribution in [-0.2, 0) is 16.1 Å². The SMILES string of the molecule is COc1cc(CN(C(=O)CNC(=O)C2CCCCC2)C2CC2)ccc1OC(F)F. The van der Waals surface area contributed by atoms with Crippen LogP contribution in [-0.4, -0.2) is 43.0 Å². The Morgan fingerprint density at radius 3 is 2.48 bits per heavy atom. The van der Waals surface area contributed by atoms with E-state index >= 15 is 0 Å². The van der Waals surface area contributed by atoms with Crippen LogP contribution in [0.3, 0.4) is 0 Å². The number of carbonyl (C=O) groups excluding carboxylic acids is 2. The third kappa shape index (κ3) is 6.05. The molecule has 0 radical (unpaired) electrons. The predicted octanol–water partition coefficient (Wildman–Crippen LogP) is 3.48. The van der Waals surface area contributed by atoms with Gasteiger partial charge in [0.25, 0.3) is 0 Å². The molecule has 160 valence electrons. The van der Waals surface area contributed by atoms with E-state index in [1.807, 2.05) is 0 Å². The van der Waals surface area contributed by atoms with Gasteiger partial charge >= 0.3 is 6.61 Å². The number of ether oxygens (including phenoxy) is 2. The lowest BCUT2D eigenvalue weighted by molar-refractivity contribution is -0.135. The summed E-state index contributed by atoms with van der Waals surface area (Å²) in [6.45, 7) is -2.63. The first-order chi connectivity index (χ1) is 14.0. The monoisotopic (exact) mass is 410 g/mol. The molecule has 2 fully saturated rings. The zero-order valence-corrected chi connectivity index (χ0v) is 16.7. The highest BCUT2D eigenvalue weighted by molar-refractivity contribution is 5.86. The van der Waals surface area contributed by atoms with Gasteiger partial charge in [0.05, 0.1) is 13.7 Å². The van der Waals surface area contributed by atoms with Gasteiger partial charge in [0, 0.05) is 18.5 Å². The molecule has 1 aromatic rings. The summed E-state index contributed by atoms with van der Waals surface area (Å²) in [6, 6.07) is 4.81. The van der Waals surface area contributed by atoms with Crippen LogP contribution in [0.1, 0.15) is 50.5 Å². The maximum Gasteiger partial charge on any atom is 0.387 e. The number of methoxy groups -OCH3 is 1. The Kier molecular flexibility index (Phi) is 7.28. The molecule has 0 aromatic heterocycles. The molecule has 2 saturated carbocycles. The van der Waals surface area contributed by atoms with Gasteiger partial charge in [0.15, 0.2) is 11.5 Å². The van der Waals surface area contributed by atoms with Crippen LogP contribution in [0.15, 0.2) is 18.2 Å². The summed E-state index contributed by atoms with van der Waals surface area (Å²) < 4.78 is 34.5. The maximum absolute atomic E-state index is 12.7. The van der Waals surface area contributed by atoms with E-state index in [1.54, 1.807) is 17.0 Å². The largest absolute Gasteiger partial charge is 0.493 e. The van der Waals surface area contributed by atoms with Crippen LogP contribution < -0.4 is 14.8 Å². The summed E-state index contributed by atoms with van der Waals surface area (Å²) in [7, 11) is 1.38. The van der Waals surface area contributed by atoms with E-state index < -0.39 is 6.61 Å². The van der Waals surface area contributed by atoms with Crippen LogP contribution in [0.2, 0.25) is 0 Å². The van der Waals surface area contributed by atoms with Gasteiger partial charge in [-0.1, -0.05) is 25.3 Å². The highest BCUT2D eigenvalue weighted by atomic mass is 19.3. The van der Waals surface area contributed by atoms with Crippen molar-refractivity contribution in [3.05, 3.63) is 23.8 Å². The first-order valence-corrected chi connectivity index (χ1v) is 10.2. The zero-order valence-electron chi connectivity index (χ0n) is 16.7. The average molecular weight is 410 g/mol. The minimum absolute atomic E-state index is 0.0116. The molecule has 2 amide bonds. The summed E-state index contributed by atoms with van der Waals surface area (Å²) in [5.74, 6) is -0.0167. The van der Waals surface area contributed by atoms with Crippen LogP contribution in [0, 0.1) is 5.92 Å². The summed E-state index contributed by atoms with van der Waals surface area (Å²) in [6.07, 6.45) is 6.92. The van der Waals surface area contributed by atoms with Crippen molar-refractivity contribution in [1.82, 2.24) is 10.2 Å². The molecule has 1 N–H and O–H groups in total. The van der Waals surface area contributed by atoms with Gasteiger partial charge in [-0.3, -0.25) is 9.59 Å². The van der Waals surface area contributed by atoms with Gasteiger partial charge in [-0.15, -0.1) is 0 Å². The molecule has 2 aliphatic carbocycles. The van der Waals surface area contributed by atoms with Crippen molar-refractivity contribution in [2.75, 3.05) is 13.7 Å². The van der Waals surface area contributed by atoms with E-state index in [4.69, 9.17) is 4.74 Å². The standard InChI is InChI=1S/C21H28F2N2O4/c1-28-18-11-14(7-10-17(18)29-21(22)23)13-25(16-8-9-16)19(26)12-24-20(27)15-5-3-2-4-6-15/h7,10-11,15-16,21H,2-6,8-9,12-13H2,1H3,(H,24,27). The minimum Gasteiger partial charge on any atom is -0.493 e. The van der Waals surface area contributed by atoms with Gasteiger partial charge in [-0.2, -0.15) is 8.78 Å². The molecule has 0 heterocycles. The van der Waals surface area contributed by atoms with Gasteiger partial charge in [-0.05, 0) is 43.4 Å². The van der Waals surface area contributed by atoms with E-state index in [1.165, 1.54) is 19.6 Å². The molecule has 0 saturated heterocycles. The highest BCUT2D eigenvalue weighted by Gasteiger charge is 2.33. The molecule has 0 atom stereocenters. The van der Waals surface area contributed by atoms with Crippen molar-refractivity contribution in [3.8, 4) is 11.5 Å². The lowest BCUT2D eigenvalue weighted by Crippen LogP contribution is -2.42. The topological polar surface area (TPSA) is 67.9 Å². The maximum atomic E-state index is 12.7. The number of halogens is 2. The molecular formula is C21H28F2N2O4. The molecule has 0 unspecified atom stereocenters. The Morgan fingerprint density at radius 2 is 1.86 bits per heavy atom. The Bertz CT molecular complexity index is 719. The summed E-state index contributed by atoms with van der Waals surface area (Å²) in [5.41, 5.74) is 0.752. The molecule has 6 nitrogen and oxygen atoms in total. The van der Waals surface area contributed by atoms with Crippen molar-refractivity contribution >= 4 is 11.8 Å². The van der Waals surface area contributed by atoms with E-state index in [2.05, 4.69) is 10.1 Å². The number of hydrogen-bond acceptors (Lipinski definition) is 4. The molecule has 0 bridgehead atoms. The van der Waals surface area contributed by atoms with Crippen LogP contribution >= 0.6 is 0 Å². The van der Waals surface area contributed by atoms with Crippen LogP contribution in [0.25, 0.3) is 0 Å². The van der Waals surface area contributed by atoms with Crippen molar-refractivity contribution in [2.45, 2.75) is 64.1 Å². The van der Waals surface area contributed by atoms with Crippen molar-refractivity contribution in [2.24, 2.45) is 5.92 Å². The molecule has 0 spiro atoms. The van der Waals surface area contributed by atoms with Gasteiger partial charge in [-0.25, -0.2) is 0 Å². The predicted molar refractivity (Wildman–Crippen MR) is 103 cm³/mol. The van der Waals surface area contributed by atoms with Gasteiger partial charge in [0.2, 0.25) is 11.8 Å².